The Labute approximate surface area is 122 Å². The summed E-state index contributed by atoms with van der Waals surface area (Å²) in [7, 11) is 0.237. The lowest BCUT2D eigenvalue weighted by atomic mass is 10.1. The molecule has 0 spiro atoms. The van der Waals surface area contributed by atoms with Gasteiger partial charge in [-0.05, 0) is 12.8 Å². The van der Waals surface area contributed by atoms with Gasteiger partial charge >= 0.3 is 0 Å². The first-order valence-corrected chi connectivity index (χ1v) is 8.34. The van der Waals surface area contributed by atoms with E-state index in [1.54, 1.807) is 0 Å². The zero-order valence-electron chi connectivity index (χ0n) is 12.9. The third-order valence-electron chi connectivity index (χ3n) is 2.79. The van der Waals surface area contributed by atoms with Gasteiger partial charge in [0.1, 0.15) is 12.4 Å². The van der Waals surface area contributed by atoms with Gasteiger partial charge in [0, 0.05) is 14.2 Å². The highest BCUT2D eigenvalue weighted by Crippen LogP contribution is 2.34. The van der Waals surface area contributed by atoms with E-state index in [9.17, 15) is 9.46 Å². The van der Waals surface area contributed by atoms with Crippen LogP contribution in [0, 0.1) is 0 Å². The van der Waals surface area contributed by atoms with Gasteiger partial charge in [0.15, 0.2) is 0 Å². The molecule has 0 saturated heterocycles. The zero-order valence-corrected chi connectivity index (χ0v) is 13.8. The van der Waals surface area contributed by atoms with Crippen molar-refractivity contribution >= 4 is 7.82 Å². The van der Waals surface area contributed by atoms with Crippen molar-refractivity contribution < 1.29 is 23.1 Å². The van der Waals surface area contributed by atoms with Gasteiger partial charge in [-0.15, -0.1) is 0 Å². The molecule has 0 aromatic carbocycles. The number of rotatable bonds is 8. The fourth-order valence-electron chi connectivity index (χ4n) is 1.61. The van der Waals surface area contributed by atoms with E-state index in [0.717, 1.165) is 14.2 Å². The van der Waals surface area contributed by atoms with Crippen molar-refractivity contribution in [1.29, 1.82) is 0 Å². The van der Waals surface area contributed by atoms with Crippen LogP contribution in [-0.4, -0.2) is 18.8 Å². The molecule has 118 valence electrons. The molecule has 7 heteroatoms. The summed E-state index contributed by atoms with van der Waals surface area (Å²) in [6.45, 7) is 3.43. The molecular weight excluding hydrogens is 279 g/mol. The summed E-state index contributed by atoms with van der Waals surface area (Å²) in [6, 6.07) is 0. The lowest BCUT2D eigenvalue weighted by Gasteiger charge is -2.16. The normalized spacial score (nSPS) is 11.1. The van der Waals surface area contributed by atoms with Gasteiger partial charge in [0.2, 0.25) is 6.33 Å². The third-order valence-corrected chi connectivity index (χ3v) is 3.69. The molecule has 0 atom stereocenters. The first kappa shape index (κ1) is 19.3. The van der Waals surface area contributed by atoms with Crippen LogP contribution in [-0.2, 0) is 27.2 Å². The maximum Gasteiger partial charge on any atom is 0.267 e. The van der Waals surface area contributed by atoms with Crippen molar-refractivity contribution in [3.63, 3.8) is 0 Å². The minimum atomic E-state index is -3.90. The molecule has 1 aromatic heterocycles. The highest BCUT2D eigenvalue weighted by Gasteiger charge is 1.99. The summed E-state index contributed by atoms with van der Waals surface area (Å²) in [5, 5.41) is 0. The summed E-state index contributed by atoms with van der Waals surface area (Å²) < 4.78 is 22.0. The summed E-state index contributed by atoms with van der Waals surface area (Å²) in [5.41, 5.74) is 0. The number of unbranched alkanes of at least 4 members (excludes halogenated alkanes) is 4. The van der Waals surface area contributed by atoms with Crippen molar-refractivity contribution in [2.45, 2.75) is 45.6 Å². The van der Waals surface area contributed by atoms with Gasteiger partial charge in [-0.25, -0.2) is 9.13 Å². The fraction of sp³-hybridized carbons (Fsp3) is 0.769. The maximum absolute atomic E-state index is 9.95. The van der Waals surface area contributed by atoms with E-state index in [0.29, 0.717) is 0 Å². The van der Waals surface area contributed by atoms with Crippen LogP contribution < -0.4 is 9.46 Å². The lowest BCUT2D eigenvalue weighted by Crippen LogP contribution is -2.30. The van der Waals surface area contributed by atoms with Crippen LogP contribution in [0.25, 0.3) is 0 Å². The van der Waals surface area contributed by atoms with E-state index in [1.165, 1.54) is 38.6 Å². The molecule has 0 fully saturated rings. The molecule has 0 aliphatic heterocycles. The molecule has 0 bridgehead atoms. The summed E-state index contributed by atoms with van der Waals surface area (Å²) >= 11 is 0. The Morgan fingerprint density at radius 3 is 2.20 bits per heavy atom. The second kappa shape index (κ2) is 11.0. The number of hydrogen-bond acceptors (Lipinski definition) is 4. The second-order valence-electron chi connectivity index (χ2n) is 4.54. The minimum absolute atomic E-state index is 1.04. The standard InChI is InChI=1S/C11H21N2.C2H7O4P/c1-3-4-5-6-7-8-13-10-9-12(2)11-13;1-5-7(3,4)6-2/h9-11H,3-8H2,1-2H3;1-2H3,(H,3,4)/q+1;/p-1. The predicted molar refractivity (Wildman–Crippen MR) is 76.0 cm³/mol. The SMILES string of the molecule is CCCCCCC[n+]1ccn(C)c1.COP(=O)([O-])OC. The zero-order chi connectivity index (χ0) is 15.4. The van der Waals surface area contributed by atoms with E-state index < -0.39 is 7.82 Å². The van der Waals surface area contributed by atoms with Crippen LogP contribution >= 0.6 is 7.82 Å². The topological polar surface area (TPSA) is 67.4 Å². The summed E-state index contributed by atoms with van der Waals surface area (Å²) in [5.74, 6) is 0. The number of aromatic nitrogens is 2. The summed E-state index contributed by atoms with van der Waals surface area (Å²) in [4.78, 5) is 9.95. The van der Waals surface area contributed by atoms with Crippen LogP contribution in [0.3, 0.4) is 0 Å². The second-order valence-corrected chi connectivity index (χ2v) is 6.17. The molecule has 20 heavy (non-hydrogen) atoms. The van der Waals surface area contributed by atoms with E-state index in [2.05, 4.69) is 50.9 Å². The Morgan fingerprint density at radius 1 is 1.20 bits per heavy atom. The van der Waals surface area contributed by atoms with Gasteiger partial charge in [0.05, 0.1) is 13.6 Å². The molecule has 0 saturated carbocycles. The van der Waals surface area contributed by atoms with Crippen LogP contribution in [0.2, 0.25) is 0 Å². The highest BCUT2D eigenvalue weighted by molar-refractivity contribution is 7.45. The molecule has 0 N–H and O–H groups in total. The molecule has 1 aromatic rings. The Balaban J connectivity index is 0.000000441. The van der Waals surface area contributed by atoms with E-state index in [4.69, 9.17) is 0 Å². The third kappa shape index (κ3) is 10.1. The van der Waals surface area contributed by atoms with Gasteiger partial charge in [-0.3, -0.25) is 4.57 Å². The Morgan fingerprint density at radius 2 is 1.80 bits per heavy atom. The molecule has 1 rings (SSSR count). The van der Waals surface area contributed by atoms with E-state index in [-0.39, 0.29) is 0 Å². The smallest absolute Gasteiger partial charge is 0.267 e. The van der Waals surface area contributed by atoms with Gasteiger partial charge in [-0.2, -0.15) is 0 Å². The molecule has 0 radical (unpaired) electrons. The first-order valence-electron chi connectivity index (χ1n) is 6.88. The number of phosphoric ester groups is 1. The van der Waals surface area contributed by atoms with Gasteiger partial charge in [-0.1, -0.05) is 26.2 Å². The fourth-order valence-corrected chi connectivity index (χ4v) is 1.76. The van der Waals surface area contributed by atoms with Crippen LogP contribution in [0.4, 0.5) is 0 Å². The van der Waals surface area contributed by atoms with Gasteiger partial charge < -0.3 is 13.9 Å². The van der Waals surface area contributed by atoms with Crippen LogP contribution in [0.15, 0.2) is 18.7 Å². The number of nitrogens with zero attached hydrogens (tertiary/aromatic N) is 2. The monoisotopic (exact) mass is 306 g/mol. The minimum Gasteiger partial charge on any atom is -0.756 e. The predicted octanol–water partition coefficient (Wildman–Crippen LogP) is 2.03. The number of phosphoric acid groups is 1. The van der Waals surface area contributed by atoms with Gasteiger partial charge in [0.25, 0.3) is 7.82 Å². The van der Waals surface area contributed by atoms with Crippen molar-refractivity contribution in [2.75, 3.05) is 14.2 Å². The summed E-state index contributed by atoms with van der Waals surface area (Å²) in [6.07, 6.45) is 13.2. The average molecular weight is 306 g/mol. The largest absolute Gasteiger partial charge is 0.756 e. The van der Waals surface area contributed by atoms with Crippen LogP contribution in [0.5, 0.6) is 0 Å². The Bertz CT molecular complexity index is 387. The van der Waals surface area contributed by atoms with Crippen molar-refractivity contribution in [1.82, 2.24) is 4.57 Å². The molecule has 1 heterocycles. The number of hydrogen-bond donors (Lipinski definition) is 0. The number of imidazole rings is 1. The maximum atomic E-state index is 9.95. The molecule has 0 unspecified atom stereocenters. The Hall–Kier alpha value is -0.680. The Kier molecular flexibility index (Phi) is 10.7. The van der Waals surface area contributed by atoms with Crippen molar-refractivity contribution in [2.24, 2.45) is 7.05 Å². The molecule has 0 amide bonds. The van der Waals surface area contributed by atoms with Crippen molar-refractivity contribution in [3.8, 4) is 0 Å². The number of aryl methyl sites for hydroxylation is 2. The quantitative estimate of drug-likeness (QED) is 0.419. The highest BCUT2D eigenvalue weighted by atomic mass is 31.2. The molecule has 0 aliphatic carbocycles. The molecule has 6 nitrogen and oxygen atoms in total. The average Bonchev–Trinajstić information content (AvgIpc) is 2.85. The lowest BCUT2D eigenvalue weighted by molar-refractivity contribution is -0.696. The first-order chi connectivity index (χ1) is 9.45. The van der Waals surface area contributed by atoms with Crippen molar-refractivity contribution in [3.05, 3.63) is 18.7 Å². The van der Waals surface area contributed by atoms with E-state index >= 15 is 0 Å². The molecular formula is C13H27N2O4P. The van der Waals surface area contributed by atoms with Crippen LogP contribution in [0.1, 0.15) is 39.0 Å². The molecule has 0 aliphatic rings. The van der Waals surface area contributed by atoms with E-state index in [1.807, 2.05) is 0 Å².